The van der Waals surface area contributed by atoms with Crippen molar-refractivity contribution < 1.29 is 14.3 Å². The number of nitrogens with one attached hydrogen (secondary N) is 1. The van der Waals surface area contributed by atoms with Gasteiger partial charge in [-0.25, -0.2) is 4.39 Å². The van der Waals surface area contributed by atoms with E-state index in [-0.39, 0.29) is 17.8 Å². The molecule has 4 nitrogen and oxygen atoms in total. The van der Waals surface area contributed by atoms with E-state index in [1.807, 2.05) is 13.8 Å². The van der Waals surface area contributed by atoms with Gasteiger partial charge < -0.3 is 5.11 Å². The van der Waals surface area contributed by atoms with Crippen molar-refractivity contribution in [3.63, 3.8) is 0 Å². The van der Waals surface area contributed by atoms with Crippen molar-refractivity contribution in [2.75, 3.05) is 0 Å². The van der Waals surface area contributed by atoms with Crippen LogP contribution in [0.15, 0.2) is 24.3 Å². The first-order valence-corrected chi connectivity index (χ1v) is 7.96. The molecule has 1 aliphatic carbocycles. The molecule has 1 aliphatic heterocycles. The van der Waals surface area contributed by atoms with Gasteiger partial charge in [-0.3, -0.25) is 15.0 Å². The minimum atomic E-state index is -1.32. The number of carbonyl (C=O) groups excluding carboxylic acids is 1. The zero-order chi connectivity index (χ0) is 16.0. The molecule has 0 bridgehead atoms. The van der Waals surface area contributed by atoms with Gasteiger partial charge in [0.05, 0.1) is 0 Å². The maximum atomic E-state index is 13.0. The summed E-state index contributed by atoms with van der Waals surface area (Å²) in [5, 5.41) is 14.1. The van der Waals surface area contributed by atoms with Gasteiger partial charge in [0.2, 0.25) is 5.85 Å². The van der Waals surface area contributed by atoms with Crippen LogP contribution in [-0.2, 0) is 0 Å². The molecule has 2 N–H and O–H groups in total. The molecule has 120 valence electrons. The second-order valence-corrected chi connectivity index (χ2v) is 6.86. The highest BCUT2D eigenvalue weighted by atomic mass is 19.1. The van der Waals surface area contributed by atoms with Crippen molar-refractivity contribution in [2.24, 2.45) is 0 Å². The van der Waals surface area contributed by atoms with Crippen LogP contribution in [0.1, 0.15) is 56.3 Å². The molecule has 22 heavy (non-hydrogen) atoms. The monoisotopic (exact) mass is 306 g/mol. The molecule has 0 aromatic heterocycles. The maximum absolute atomic E-state index is 13.0. The zero-order valence-electron chi connectivity index (χ0n) is 13.1. The summed E-state index contributed by atoms with van der Waals surface area (Å²) in [6, 6.07) is 5.67. The van der Waals surface area contributed by atoms with Gasteiger partial charge in [-0.15, -0.1) is 0 Å². The molecule has 1 aromatic carbocycles. The molecule has 2 aliphatic rings. The molecular weight excluding hydrogens is 283 g/mol. The first-order chi connectivity index (χ1) is 10.4. The third-order valence-electron chi connectivity index (χ3n) is 4.99. The molecule has 1 atom stereocenters. The van der Waals surface area contributed by atoms with E-state index in [9.17, 15) is 14.3 Å². The van der Waals surface area contributed by atoms with E-state index in [0.29, 0.717) is 5.56 Å². The van der Waals surface area contributed by atoms with Crippen LogP contribution >= 0.6 is 0 Å². The second-order valence-electron chi connectivity index (χ2n) is 6.86. The SMILES string of the molecule is CC1(C)N(C(=O)c2ccc(F)cc2)C1(O)NC1CCCCC1. The fourth-order valence-corrected chi connectivity index (χ4v) is 3.46. The summed E-state index contributed by atoms with van der Waals surface area (Å²) in [4.78, 5) is 14.0. The van der Waals surface area contributed by atoms with E-state index in [1.54, 1.807) is 0 Å². The summed E-state index contributed by atoms with van der Waals surface area (Å²) in [5.74, 6) is -1.98. The molecule has 0 radical (unpaired) electrons. The lowest BCUT2D eigenvalue weighted by molar-refractivity contribution is 0.0270. The molecule has 1 aromatic rings. The quantitative estimate of drug-likeness (QED) is 0.667. The molecule has 1 saturated carbocycles. The Balaban J connectivity index is 1.75. The molecule has 1 unspecified atom stereocenters. The zero-order valence-corrected chi connectivity index (χ0v) is 13.1. The molecule has 3 rings (SSSR count). The summed E-state index contributed by atoms with van der Waals surface area (Å²) >= 11 is 0. The highest BCUT2D eigenvalue weighted by molar-refractivity contribution is 5.97. The van der Waals surface area contributed by atoms with Crippen LogP contribution < -0.4 is 5.32 Å². The fourth-order valence-electron chi connectivity index (χ4n) is 3.46. The Bertz CT molecular complexity index is 567. The molecule has 1 heterocycles. The van der Waals surface area contributed by atoms with Gasteiger partial charge in [0.25, 0.3) is 5.91 Å². The topological polar surface area (TPSA) is 52.3 Å². The minimum Gasteiger partial charge on any atom is -0.356 e. The van der Waals surface area contributed by atoms with Crippen LogP contribution in [-0.4, -0.2) is 33.3 Å². The minimum absolute atomic E-state index is 0.240. The fraction of sp³-hybridized carbons (Fsp3) is 0.588. The van der Waals surface area contributed by atoms with Gasteiger partial charge in [-0.1, -0.05) is 19.3 Å². The Kier molecular flexibility index (Phi) is 3.73. The first-order valence-electron chi connectivity index (χ1n) is 7.96. The Morgan fingerprint density at radius 1 is 1.23 bits per heavy atom. The summed E-state index contributed by atoms with van der Waals surface area (Å²) in [5.41, 5.74) is -0.286. The van der Waals surface area contributed by atoms with E-state index < -0.39 is 11.4 Å². The summed E-state index contributed by atoms with van der Waals surface area (Å²) < 4.78 is 13.0. The summed E-state index contributed by atoms with van der Waals surface area (Å²) in [6.07, 6.45) is 5.59. The van der Waals surface area contributed by atoms with Crippen molar-refractivity contribution in [1.29, 1.82) is 0 Å². The van der Waals surface area contributed by atoms with Gasteiger partial charge in [-0.05, 0) is 51.0 Å². The number of carbonyl (C=O) groups is 1. The van der Waals surface area contributed by atoms with Gasteiger partial charge >= 0.3 is 0 Å². The number of amides is 1. The highest BCUT2D eigenvalue weighted by Crippen LogP contribution is 2.49. The molecular formula is C17H23FN2O2. The highest BCUT2D eigenvalue weighted by Gasteiger charge is 2.72. The number of nitrogens with zero attached hydrogens (tertiary/aromatic N) is 1. The number of aliphatic hydroxyl groups is 1. The van der Waals surface area contributed by atoms with Crippen LogP contribution in [0.3, 0.4) is 0 Å². The number of hydrogen-bond donors (Lipinski definition) is 2. The molecule has 2 fully saturated rings. The lowest BCUT2D eigenvalue weighted by Gasteiger charge is -2.26. The number of hydrogen-bond acceptors (Lipinski definition) is 3. The molecule has 1 saturated heterocycles. The van der Waals surface area contributed by atoms with E-state index in [1.165, 1.54) is 35.6 Å². The predicted molar refractivity (Wildman–Crippen MR) is 81.6 cm³/mol. The van der Waals surface area contributed by atoms with Crippen molar-refractivity contribution in [2.45, 2.75) is 63.4 Å². The lowest BCUT2D eigenvalue weighted by atomic mass is 9.95. The Labute approximate surface area is 130 Å². The predicted octanol–water partition coefficient (Wildman–Crippen LogP) is 2.63. The molecule has 1 amide bonds. The van der Waals surface area contributed by atoms with E-state index in [4.69, 9.17) is 0 Å². The maximum Gasteiger partial charge on any atom is 0.257 e. The summed E-state index contributed by atoms with van der Waals surface area (Å²) in [7, 11) is 0. The van der Waals surface area contributed by atoms with Crippen molar-refractivity contribution >= 4 is 5.91 Å². The van der Waals surface area contributed by atoms with Crippen LogP contribution in [0.5, 0.6) is 0 Å². The third-order valence-corrected chi connectivity index (χ3v) is 4.99. The first kappa shape index (κ1) is 15.4. The average molecular weight is 306 g/mol. The number of benzene rings is 1. The lowest BCUT2D eigenvalue weighted by Crippen LogP contribution is -2.47. The third kappa shape index (κ3) is 2.42. The normalized spacial score (nSPS) is 27.7. The standard InChI is InChI=1S/C17H23FN2O2/c1-16(2)17(22,19-14-6-4-3-5-7-14)20(16)15(21)12-8-10-13(18)11-9-12/h8-11,14,19,22H,3-7H2,1-2H3. The van der Waals surface area contributed by atoms with Crippen LogP contribution in [0.25, 0.3) is 0 Å². The Morgan fingerprint density at radius 2 is 1.82 bits per heavy atom. The number of rotatable bonds is 3. The molecule has 0 spiro atoms. The summed E-state index contributed by atoms with van der Waals surface area (Å²) in [6.45, 7) is 3.68. The largest absolute Gasteiger partial charge is 0.356 e. The van der Waals surface area contributed by atoms with E-state index >= 15 is 0 Å². The van der Waals surface area contributed by atoms with Gasteiger partial charge in [0.1, 0.15) is 11.4 Å². The number of halogens is 1. The van der Waals surface area contributed by atoms with E-state index in [0.717, 1.165) is 25.7 Å². The van der Waals surface area contributed by atoms with Gasteiger partial charge in [0.15, 0.2) is 0 Å². The van der Waals surface area contributed by atoms with Crippen LogP contribution in [0.4, 0.5) is 4.39 Å². The Hall–Kier alpha value is -1.46. The van der Waals surface area contributed by atoms with Crippen molar-refractivity contribution in [3.8, 4) is 0 Å². The van der Waals surface area contributed by atoms with Gasteiger partial charge in [-0.2, -0.15) is 0 Å². The van der Waals surface area contributed by atoms with Crippen LogP contribution in [0, 0.1) is 5.82 Å². The van der Waals surface area contributed by atoms with E-state index in [2.05, 4.69) is 5.32 Å². The van der Waals surface area contributed by atoms with Crippen molar-refractivity contribution in [3.05, 3.63) is 35.6 Å². The Morgan fingerprint density at radius 3 is 2.41 bits per heavy atom. The second kappa shape index (κ2) is 5.32. The molecule has 5 heteroatoms. The average Bonchev–Trinajstić information content (AvgIpc) is 2.92. The smallest absolute Gasteiger partial charge is 0.257 e. The van der Waals surface area contributed by atoms with Gasteiger partial charge in [0, 0.05) is 11.6 Å². The van der Waals surface area contributed by atoms with Crippen LogP contribution in [0.2, 0.25) is 0 Å². The van der Waals surface area contributed by atoms with Crippen molar-refractivity contribution in [1.82, 2.24) is 10.2 Å².